The van der Waals surface area contributed by atoms with Crippen molar-refractivity contribution in [3.05, 3.63) is 17.0 Å². The van der Waals surface area contributed by atoms with Gasteiger partial charge in [0.05, 0.1) is 6.42 Å². The normalized spacial score (nSPS) is 23.3. The van der Waals surface area contributed by atoms with Crippen LogP contribution >= 0.6 is 11.3 Å². The molecule has 6 nitrogen and oxygen atoms in total. The van der Waals surface area contributed by atoms with Gasteiger partial charge in [-0.25, -0.2) is 8.42 Å². The molecule has 1 unspecified atom stereocenters. The summed E-state index contributed by atoms with van der Waals surface area (Å²) in [6.07, 6.45) is 2.14. The van der Waals surface area contributed by atoms with Gasteiger partial charge in [0.15, 0.2) is 0 Å². The minimum Gasteiger partial charge on any atom is -0.337 e. The number of carbonyl (C=O) groups is 1. The summed E-state index contributed by atoms with van der Waals surface area (Å²) in [5.74, 6) is 0.0750. The van der Waals surface area contributed by atoms with Gasteiger partial charge in [-0.2, -0.15) is 4.31 Å². The van der Waals surface area contributed by atoms with Crippen molar-refractivity contribution in [1.29, 1.82) is 0 Å². The number of nitrogens with zero attached hydrogens (tertiary/aromatic N) is 2. The third-order valence-electron chi connectivity index (χ3n) is 4.44. The number of rotatable bonds is 4. The first-order valence-electron chi connectivity index (χ1n) is 8.07. The number of thiophene rings is 1. The quantitative estimate of drug-likeness (QED) is 0.869. The molecule has 1 N–H and O–H groups in total. The fourth-order valence-electron chi connectivity index (χ4n) is 3.11. The zero-order valence-electron chi connectivity index (χ0n) is 13.3. The van der Waals surface area contributed by atoms with E-state index in [1.54, 1.807) is 16.4 Å². The molecular formula is C15H23N3O3S2. The number of amides is 1. The Bertz CT molecular complexity index is 665. The Morgan fingerprint density at radius 3 is 2.74 bits per heavy atom. The van der Waals surface area contributed by atoms with E-state index in [4.69, 9.17) is 0 Å². The van der Waals surface area contributed by atoms with Gasteiger partial charge in [-0.05, 0) is 31.9 Å². The second-order valence-electron chi connectivity index (χ2n) is 6.15. The lowest BCUT2D eigenvalue weighted by Gasteiger charge is -2.34. The second-order valence-corrected chi connectivity index (χ2v) is 9.48. The number of nitrogens with one attached hydrogen (secondary N) is 1. The van der Waals surface area contributed by atoms with Gasteiger partial charge in [-0.3, -0.25) is 4.79 Å². The van der Waals surface area contributed by atoms with Crippen LogP contribution in [0.15, 0.2) is 16.3 Å². The van der Waals surface area contributed by atoms with E-state index >= 15 is 0 Å². The van der Waals surface area contributed by atoms with Gasteiger partial charge in [-0.15, -0.1) is 11.3 Å². The average molecular weight is 358 g/mol. The molecule has 2 saturated heterocycles. The van der Waals surface area contributed by atoms with E-state index in [2.05, 4.69) is 5.32 Å². The Morgan fingerprint density at radius 2 is 2.04 bits per heavy atom. The Labute approximate surface area is 141 Å². The predicted molar refractivity (Wildman–Crippen MR) is 90.1 cm³/mol. The molecule has 2 aliphatic rings. The highest BCUT2D eigenvalue weighted by atomic mass is 32.2. The molecule has 0 radical (unpaired) electrons. The first-order chi connectivity index (χ1) is 11.0. The highest BCUT2D eigenvalue weighted by Gasteiger charge is 2.29. The molecule has 0 saturated carbocycles. The van der Waals surface area contributed by atoms with Gasteiger partial charge in [0.25, 0.3) is 10.0 Å². The van der Waals surface area contributed by atoms with Crippen molar-refractivity contribution in [3.8, 4) is 0 Å². The van der Waals surface area contributed by atoms with E-state index in [1.165, 1.54) is 11.3 Å². The molecule has 2 aliphatic heterocycles. The van der Waals surface area contributed by atoms with Crippen molar-refractivity contribution in [2.75, 3.05) is 32.7 Å². The van der Waals surface area contributed by atoms with Crippen LogP contribution in [0, 0.1) is 0 Å². The average Bonchev–Trinajstić information content (AvgIpc) is 3.19. The summed E-state index contributed by atoms with van der Waals surface area (Å²) in [7, 11) is -3.37. The number of hydrogen-bond donors (Lipinski definition) is 1. The van der Waals surface area contributed by atoms with Crippen molar-refractivity contribution in [2.45, 2.75) is 36.4 Å². The molecule has 0 spiro atoms. The van der Waals surface area contributed by atoms with E-state index in [1.807, 2.05) is 11.8 Å². The summed E-state index contributed by atoms with van der Waals surface area (Å²) in [4.78, 5) is 15.1. The van der Waals surface area contributed by atoms with Gasteiger partial charge in [0.1, 0.15) is 4.21 Å². The van der Waals surface area contributed by atoms with Crippen LogP contribution in [0.4, 0.5) is 0 Å². The maximum atomic E-state index is 12.5. The van der Waals surface area contributed by atoms with E-state index in [-0.39, 0.29) is 18.4 Å². The van der Waals surface area contributed by atoms with Crippen LogP contribution in [0.3, 0.4) is 0 Å². The highest BCUT2D eigenvalue weighted by Crippen LogP contribution is 2.28. The SMILES string of the molecule is CC1CNCCN1C(=O)Cc1ccc(S(=O)(=O)N2CCCC2)s1. The summed E-state index contributed by atoms with van der Waals surface area (Å²) < 4.78 is 26.9. The first kappa shape index (κ1) is 16.9. The Balaban J connectivity index is 1.68. The number of carbonyl (C=O) groups excluding carboxylic acids is 1. The number of sulfonamides is 1. The van der Waals surface area contributed by atoms with E-state index in [0.29, 0.717) is 23.8 Å². The molecular weight excluding hydrogens is 334 g/mol. The minimum absolute atomic E-state index is 0.0750. The summed E-state index contributed by atoms with van der Waals surface area (Å²) in [5.41, 5.74) is 0. The van der Waals surface area contributed by atoms with Crippen LogP contribution in [0.1, 0.15) is 24.6 Å². The maximum Gasteiger partial charge on any atom is 0.252 e. The molecule has 0 aromatic carbocycles. The van der Waals surface area contributed by atoms with Crippen molar-refractivity contribution in [3.63, 3.8) is 0 Å². The van der Waals surface area contributed by atoms with Crippen LogP contribution in [-0.2, 0) is 21.2 Å². The van der Waals surface area contributed by atoms with E-state index in [9.17, 15) is 13.2 Å². The van der Waals surface area contributed by atoms with Gasteiger partial charge < -0.3 is 10.2 Å². The van der Waals surface area contributed by atoms with Crippen molar-refractivity contribution in [2.24, 2.45) is 0 Å². The topological polar surface area (TPSA) is 69.7 Å². The maximum absolute atomic E-state index is 12.5. The highest BCUT2D eigenvalue weighted by molar-refractivity contribution is 7.91. The molecule has 2 fully saturated rings. The molecule has 1 aromatic heterocycles. The summed E-state index contributed by atoms with van der Waals surface area (Å²) >= 11 is 1.23. The third kappa shape index (κ3) is 3.60. The zero-order valence-corrected chi connectivity index (χ0v) is 15.0. The molecule has 23 heavy (non-hydrogen) atoms. The van der Waals surface area contributed by atoms with Crippen LogP contribution in [0.2, 0.25) is 0 Å². The van der Waals surface area contributed by atoms with Crippen molar-refractivity contribution < 1.29 is 13.2 Å². The van der Waals surface area contributed by atoms with Gasteiger partial charge >= 0.3 is 0 Å². The Kier molecular flexibility index (Phi) is 5.05. The third-order valence-corrected chi connectivity index (χ3v) is 7.89. The molecule has 1 atom stereocenters. The Morgan fingerprint density at radius 1 is 1.30 bits per heavy atom. The van der Waals surface area contributed by atoms with E-state index in [0.717, 1.165) is 30.8 Å². The minimum atomic E-state index is -3.37. The molecule has 0 aliphatic carbocycles. The lowest BCUT2D eigenvalue weighted by atomic mass is 10.2. The summed E-state index contributed by atoms with van der Waals surface area (Å²) in [6.45, 7) is 5.57. The summed E-state index contributed by atoms with van der Waals surface area (Å²) in [5, 5.41) is 3.26. The van der Waals surface area contributed by atoms with Crippen LogP contribution in [0.5, 0.6) is 0 Å². The lowest BCUT2D eigenvalue weighted by molar-refractivity contribution is -0.133. The van der Waals surface area contributed by atoms with Crippen molar-refractivity contribution in [1.82, 2.24) is 14.5 Å². The van der Waals surface area contributed by atoms with Gasteiger partial charge in [0, 0.05) is 43.6 Å². The van der Waals surface area contributed by atoms with Gasteiger partial charge in [-0.1, -0.05) is 0 Å². The predicted octanol–water partition coefficient (Wildman–Crippen LogP) is 0.895. The van der Waals surface area contributed by atoms with Crippen LogP contribution in [-0.4, -0.2) is 62.3 Å². The van der Waals surface area contributed by atoms with Gasteiger partial charge in [0.2, 0.25) is 5.91 Å². The smallest absolute Gasteiger partial charge is 0.252 e. The second kappa shape index (κ2) is 6.88. The lowest BCUT2D eigenvalue weighted by Crippen LogP contribution is -2.52. The molecule has 128 valence electrons. The fourth-order valence-corrected chi connectivity index (χ4v) is 6.13. The monoisotopic (exact) mass is 357 g/mol. The molecule has 0 bridgehead atoms. The molecule has 1 amide bonds. The molecule has 3 rings (SSSR count). The standard InChI is InChI=1S/C15H23N3O3S2/c1-12-11-16-6-9-18(12)14(19)10-13-4-5-15(22-13)23(20,21)17-7-2-3-8-17/h4-5,12,16H,2-3,6-11H2,1H3. The van der Waals surface area contributed by atoms with Crippen molar-refractivity contribution >= 4 is 27.3 Å². The fraction of sp³-hybridized carbons (Fsp3) is 0.667. The van der Waals surface area contributed by atoms with Crippen LogP contribution < -0.4 is 5.32 Å². The van der Waals surface area contributed by atoms with Crippen LogP contribution in [0.25, 0.3) is 0 Å². The summed E-state index contributed by atoms with van der Waals surface area (Å²) in [6, 6.07) is 3.60. The number of hydrogen-bond acceptors (Lipinski definition) is 5. The zero-order chi connectivity index (χ0) is 16.4. The number of piperazine rings is 1. The Hall–Kier alpha value is -0.960. The molecule has 1 aromatic rings. The van der Waals surface area contributed by atoms with E-state index < -0.39 is 10.0 Å². The largest absolute Gasteiger partial charge is 0.337 e. The molecule has 3 heterocycles. The molecule has 8 heteroatoms. The first-order valence-corrected chi connectivity index (χ1v) is 10.3.